The van der Waals surface area contributed by atoms with E-state index in [4.69, 9.17) is 0 Å². The van der Waals surface area contributed by atoms with Crippen molar-refractivity contribution in [1.29, 1.82) is 0 Å². The van der Waals surface area contributed by atoms with Crippen molar-refractivity contribution in [3.8, 4) is 0 Å². The van der Waals surface area contributed by atoms with E-state index >= 15 is 0 Å². The molecule has 0 spiro atoms. The van der Waals surface area contributed by atoms with Crippen molar-refractivity contribution in [3.05, 3.63) is 0 Å². The minimum Gasteiger partial charge on any atom is -0.342 e. The predicted molar refractivity (Wildman–Crippen MR) is 70.0 cm³/mol. The Morgan fingerprint density at radius 1 is 0.889 bits per heavy atom. The fourth-order valence-corrected chi connectivity index (χ4v) is 2.75. The molecular formula is C14H24N2O2. The van der Waals surface area contributed by atoms with Crippen LogP contribution < -0.4 is 0 Å². The summed E-state index contributed by atoms with van der Waals surface area (Å²) in [6.45, 7) is 5.55. The monoisotopic (exact) mass is 252 g/mol. The van der Waals surface area contributed by atoms with Crippen LogP contribution >= 0.6 is 0 Å². The number of piperidine rings is 2. The number of nitrogens with zero attached hydrogens (tertiary/aromatic N) is 2. The lowest BCUT2D eigenvalue weighted by molar-refractivity contribution is -0.141. The molecule has 102 valence electrons. The van der Waals surface area contributed by atoms with Crippen LogP contribution in [0.2, 0.25) is 0 Å². The first-order valence-electron chi connectivity index (χ1n) is 7.22. The van der Waals surface area contributed by atoms with Crippen LogP contribution in [-0.2, 0) is 9.59 Å². The van der Waals surface area contributed by atoms with Gasteiger partial charge >= 0.3 is 0 Å². The van der Waals surface area contributed by atoms with E-state index in [-0.39, 0.29) is 18.2 Å². The second kappa shape index (κ2) is 6.21. The number of amides is 2. The van der Waals surface area contributed by atoms with E-state index in [1.807, 2.05) is 9.80 Å². The molecule has 2 aliphatic heterocycles. The highest BCUT2D eigenvalue weighted by molar-refractivity contribution is 5.96. The number of likely N-dealkylation sites (tertiary alicyclic amines) is 2. The molecule has 2 rings (SSSR count). The van der Waals surface area contributed by atoms with Crippen molar-refractivity contribution in [2.75, 3.05) is 26.2 Å². The Morgan fingerprint density at radius 2 is 1.39 bits per heavy atom. The Kier molecular flexibility index (Phi) is 4.61. The zero-order valence-electron chi connectivity index (χ0n) is 11.4. The van der Waals surface area contributed by atoms with Crippen LogP contribution in [0.15, 0.2) is 0 Å². The summed E-state index contributed by atoms with van der Waals surface area (Å²) in [6, 6.07) is 0. The van der Waals surface area contributed by atoms with Crippen LogP contribution in [0.5, 0.6) is 0 Å². The maximum atomic E-state index is 12.0. The zero-order valence-corrected chi connectivity index (χ0v) is 11.4. The topological polar surface area (TPSA) is 40.6 Å². The molecule has 4 nitrogen and oxygen atoms in total. The van der Waals surface area contributed by atoms with Crippen LogP contribution in [-0.4, -0.2) is 47.8 Å². The van der Waals surface area contributed by atoms with Crippen molar-refractivity contribution >= 4 is 11.8 Å². The quantitative estimate of drug-likeness (QED) is 0.701. The van der Waals surface area contributed by atoms with Crippen LogP contribution in [0.4, 0.5) is 0 Å². The van der Waals surface area contributed by atoms with E-state index < -0.39 is 0 Å². The van der Waals surface area contributed by atoms with E-state index in [2.05, 4.69) is 6.92 Å². The van der Waals surface area contributed by atoms with Gasteiger partial charge in [-0.15, -0.1) is 0 Å². The van der Waals surface area contributed by atoms with Gasteiger partial charge in [-0.1, -0.05) is 6.92 Å². The van der Waals surface area contributed by atoms with E-state index in [9.17, 15) is 9.59 Å². The van der Waals surface area contributed by atoms with Gasteiger partial charge in [0.05, 0.1) is 0 Å². The number of carbonyl (C=O) groups excluding carboxylic acids is 2. The fourth-order valence-electron chi connectivity index (χ4n) is 2.75. The number of hydrogen-bond acceptors (Lipinski definition) is 2. The highest BCUT2D eigenvalue weighted by atomic mass is 16.2. The molecule has 0 atom stereocenters. The highest BCUT2D eigenvalue weighted by Gasteiger charge is 2.24. The largest absolute Gasteiger partial charge is 0.342 e. The molecule has 2 saturated heterocycles. The molecule has 0 aromatic rings. The highest BCUT2D eigenvalue weighted by Crippen LogP contribution is 2.17. The molecule has 0 aromatic heterocycles. The molecule has 18 heavy (non-hydrogen) atoms. The van der Waals surface area contributed by atoms with E-state index in [0.29, 0.717) is 5.92 Å². The number of hydrogen-bond donors (Lipinski definition) is 0. The van der Waals surface area contributed by atoms with E-state index in [1.165, 1.54) is 6.42 Å². The van der Waals surface area contributed by atoms with Crippen molar-refractivity contribution < 1.29 is 9.59 Å². The van der Waals surface area contributed by atoms with Crippen LogP contribution in [0, 0.1) is 5.92 Å². The molecule has 2 heterocycles. The molecule has 2 fully saturated rings. The summed E-state index contributed by atoms with van der Waals surface area (Å²) in [4.78, 5) is 27.7. The molecule has 2 aliphatic rings. The molecule has 0 bridgehead atoms. The Labute approximate surface area is 109 Å². The maximum absolute atomic E-state index is 12.0. The molecule has 0 aliphatic carbocycles. The van der Waals surface area contributed by atoms with Crippen LogP contribution in [0.25, 0.3) is 0 Å². The van der Waals surface area contributed by atoms with Crippen molar-refractivity contribution in [1.82, 2.24) is 9.80 Å². The number of rotatable bonds is 2. The lowest BCUT2D eigenvalue weighted by Crippen LogP contribution is -2.42. The Morgan fingerprint density at radius 3 is 1.94 bits per heavy atom. The van der Waals surface area contributed by atoms with Gasteiger partial charge in [-0.25, -0.2) is 0 Å². The Balaban J connectivity index is 1.77. The third-order valence-corrected chi connectivity index (χ3v) is 4.15. The average Bonchev–Trinajstić information content (AvgIpc) is 2.40. The van der Waals surface area contributed by atoms with Gasteiger partial charge in [0.15, 0.2) is 0 Å². The molecule has 2 amide bonds. The van der Waals surface area contributed by atoms with Gasteiger partial charge in [-0.2, -0.15) is 0 Å². The minimum atomic E-state index is 0.0254. The van der Waals surface area contributed by atoms with Gasteiger partial charge in [0.2, 0.25) is 11.8 Å². The summed E-state index contributed by atoms with van der Waals surface area (Å²) in [5.41, 5.74) is 0. The van der Waals surface area contributed by atoms with Crippen LogP contribution in [0.3, 0.4) is 0 Å². The first-order valence-corrected chi connectivity index (χ1v) is 7.22. The van der Waals surface area contributed by atoms with Crippen LogP contribution in [0.1, 0.15) is 45.4 Å². The molecule has 0 radical (unpaired) electrons. The standard InChI is InChI=1S/C14H24N2O2/c1-12-5-9-16(10-6-12)14(18)11-13(17)15-7-3-2-4-8-15/h12H,2-11H2,1H3. The normalized spacial score (nSPS) is 22.1. The second-order valence-corrected chi connectivity index (χ2v) is 5.68. The SMILES string of the molecule is CC1CCN(C(=O)CC(=O)N2CCCCC2)CC1. The van der Waals surface area contributed by atoms with Gasteiger partial charge in [-0.05, 0) is 38.0 Å². The first-order chi connectivity index (χ1) is 8.66. The summed E-state index contributed by atoms with van der Waals surface area (Å²) in [5.74, 6) is 0.766. The molecule has 0 aromatic carbocycles. The Bertz CT molecular complexity index is 303. The maximum Gasteiger partial charge on any atom is 0.232 e. The summed E-state index contributed by atoms with van der Waals surface area (Å²) >= 11 is 0. The summed E-state index contributed by atoms with van der Waals surface area (Å²) < 4.78 is 0. The average molecular weight is 252 g/mol. The van der Waals surface area contributed by atoms with Crippen molar-refractivity contribution in [3.63, 3.8) is 0 Å². The van der Waals surface area contributed by atoms with E-state index in [0.717, 1.165) is 51.9 Å². The first kappa shape index (κ1) is 13.4. The molecular weight excluding hydrogens is 228 g/mol. The smallest absolute Gasteiger partial charge is 0.232 e. The van der Waals surface area contributed by atoms with Gasteiger partial charge in [0.25, 0.3) is 0 Å². The molecule has 0 saturated carbocycles. The predicted octanol–water partition coefficient (Wildman–Crippen LogP) is 1.65. The van der Waals surface area contributed by atoms with Crippen molar-refractivity contribution in [2.45, 2.75) is 45.4 Å². The van der Waals surface area contributed by atoms with Crippen molar-refractivity contribution in [2.24, 2.45) is 5.92 Å². The van der Waals surface area contributed by atoms with Gasteiger partial charge in [0, 0.05) is 26.2 Å². The third-order valence-electron chi connectivity index (χ3n) is 4.15. The summed E-state index contributed by atoms with van der Waals surface area (Å²) in [6.07, 6.45) is 5.60. The number of carbonyl (C=O) groups is 2. The minimum absolute atomic E-state index is 0.0254. The zero-order chi connectivity index (χ0) is 13.0. The Hall–Kier alpha value is -1.06. The lowest BCUT2D eigenvalue weighted by Gasteiger charge is -2.31. The lowest BCUT2D eigenvalue weighted by atomic mass is 9.99. The van der Waals surface area contributed by atoms with E-state index in [1.54, 1.807) is 0 Å². The van der Waals surface area contributed by atoms with Gasteiger partial charge < -0.3 is 9.80 Å². The molecule has 4 heteroatoms. The molecule has 0 N–H and O–H groups in total. The fraction of sp³-hybridized carbons (Fsp3) is 0.857. The summed E-state index contributed by atoms with van der Waals surface area (Å²) in [7, 11) is 0. The summed E-state index contributed by atoms with van der Waals surface area (Å²) in [5, 5.41) is 0. The van der Waals surface area contributed by atoms with Gasteiger partial charge in [-0.3, -0.25) is 9.59 Å². The third kappa shape index (κ3) is 3.47. The molecule has 0 unspecified atom stereocenters. The van der Waals surface area contributed by atoms with Gasteiger partial charge in [0.1, 0.15) is 6.42 Å². The second-order valence-electron chi connectivity index (χ2n) is 5.68.